The first-order valence-corrected chi connectivity index (χ1v) is 10.4. The van der Waals surface area contributed by atoms with Crippen molar-refractivity contribution in [3.8, 4) is 5.75 Å². The van der Waals surface area contributed by atoms with Crippen molar-refractivity contribution in [2.24, 2.45) is 0 Å². The average molecular weight is 410 g/mol. The summed E-state index contributed by atoms with van der Waals surface area (Å²) in [5, 5.41) is 5.95. The van der Waals surface area contributed by atoms with Crippen LogP contribution in [-0.4, -0.2) is 36.5 Å². The van der Waals surface area contributed by atoms with Crippen LogP contribution in [0.4, 0.5) is 0 Å². The molecule has 5 nitrogen and oxygen atoms in total. The molecule has 29 heavy (non-hydrogen) atoms. The molecule has 0 aliphatic rings. The Balaban J connectivity index is 1.66. The van der Waals surface area contributed by atoms with Crippen LogP contribution in [0.3, 0.4) is 0 Å². The summed E-state index contributed by atoms with van der Waals surface area (Å²) in [4.78, 5) is 19.2. The van der Waals surface area contributed by atoms with E-state index in [0.29, 0.717) is 13.1 Å². The fourth-order valence-electron chi connectivity index (χ4n) is 3.58. The lowest BCUT2D eigenvalue weighted by molar-refractivity contribution is -0.122. The highest BCUT2D eigenvalue weighted by Crippen LogP contribution is 2.25. The van der Waals surface area contributed by atoms with Gasteiger partial charge < -0.3 is 10.1 Å². The first-order chi connectivity index (χ1) is 14.0. The van der Waals surface area contributed by atoms with Gasteiger partial charge in [-0.05, 0) is 43.1 Å². The van der Waals surface area contributed by atoms with E-state index in [9.17, 15) is 4.79 Å². The minimum atomic E-state index is -0.234. The van der Waals surface area contributed by atoms with Crippen molar-refractivity contribution in [1.29, 1.82) is 0 Å². The van der Waals surface area contributed by atoms with E-state index in [2.05, 4.69) is 22.4 Å². The van der Waals surface area contributed by atoms with Crippen LogP contribution in [0.2, 0.25) is 0 Å². The molecule has 1 aromatic heterocycles. The minimum absolute atomic E-state index is 0.0292. The Morgan fingerprint density at radius 3 is 2.48 bits per heavy atom. The van der Waals surface area contributed by atoms with Crippen LogP contribution in [0, 0.1) is 13.8 Å². The highest BCUT2D eigenvalue weighted by molar-refractivity contribution is 7.09. The molecule has 1 amide bonds. The van der Waals surface area contributed by atoms with Crippen LogP contribution in [0.5, 0.6) is 5.75 Å². The van der Waals surface area contributed by atoms with E-state index in [-0.39, 0.29) is 11.9 Å². The number of carbonyl (C=O) groups is 1. The highest BCUT2D eigenvalue weighted by Gasteiger charge is 2.20. The molecule has 0 aliphatic heterocycles. The van der Waals surface area contributed by atoms with Crippen molar-refractivity contribution in [2.75, 3.05) is 20.7 Å². The quantitative estimate of drug-likeness (QED) is 0.608. The number of likely N-dealkylation sites (N-methyl/N-ethyl adjacent to an activating group) is 1. The van der Waals surface area contributed by atoms with Crippen LogP contribution < -0.4 is 10.1 Å². The summed E-state index contributed by atoms with van der Waals surface area (Å²) < 4.78 is 5.44. The van der Waals surface area contributed by atoms with E-state index in [1.165, 1.54) is 0 Å². The number of hydrogen-bond donors (Lipinski definition) is 1. The summed E-state index contributed by atoms with van der Waals surface area (Å²) in [6.07, 6.45) is 1.77. The second-order valence-corrected chi connectivity index (χ2v) is 8.14. The predicted octanol–water partition coefficient (Wildman–Crippen LogP) is 4.11. The van der Waals surface area contributed by atoms with Crippen molar-refractivity contribution >= 4 is 17.2 Å². The van der Waals surface area contributed by atoms with Gasteiger partial charge in [0.1, 0.15) is 16.8 Å². The Labute approximate surface area is 176 Å². The van der Waals surface area contributed by atoms with E-state index in [0.717, 1.165) is 33.0 Å². The summed E-state index contributed by atoms with van der Waals surface area (Å²) >= 11 is 1.54. The molecule has 2 aromatic carbocycles. The predicted molar refractivity (Wildman–Crippen MR) is 117 cm³/mol. The van der Waals surface area contributed by atoms with Gasteiger partial charge in [0.15, 0.2) is 0 Å². The number of carbonyl (C=O) groups excluding carboxylic acids is 1. The van der Waals surface area contributed by atoms with Crippen molar-refractivity contribution in [3.63, 3.8) is 0 Å². The lowest BCUT2D eigenvalue weighted by Gasteiger charge is -2.21. The zero-order valence-electron chi connectivity index (χ0n) is 17.3. The van der Waals surface area contributed by atoms with E-state index in [4.69, 9.17) is 4.74 Å². The first kappa shape index (κ1) is 21.0. The molecule has 0 spiro atoms. The number of methoxy groups -OCH3 is 1. The van der Waals surface area contributed by atoms with Crippen molar-refractivity contribution in [2.45, 2.75) is 26.4 Å². The van der Waals surface area contributed by atoms with Crippen molar-refractivity contribution < 1.29 is 9.53 Å². The fraction of sp³-hybridized carbons (Fsp3) is 0.304. The minimum Gasteiger partial charge on any atom is -0.496 e. The molecule has 6 heteroatoms. The van der Waals surface area contributed by atoms with Gasteiger partial charge in [-0.25, -0.2) is 4.98 Å². The lowest BCUT2D eigenvalue weighted by atomic mass is 10.1. The molecule has 3 rings (SSSR count). The van der Waals surface area contributed by atoms with Gasteiger partial charge in [-0.3, -0.25) is 9.69 Å². The maximum absolute atomic E-state index is 12.8. The Morgan fingerprint density at radius 1 is 1.21 bits per heavy atom. The molecule has 0 saturated carbocycles. The van der Waals surface area contributed by atoms with Crippen LogP contribution in [0.25, 0.3) is 0 Å². The number of nitrogens with one attached hydrogen (secondary N) is 1. The highest BCUT2D eigenvalue weighted by atomic mass is 32.1. The average Bonchev–Trinajstić information content (AvgIpc) is 3.21. The van der Waals surface area contributed by atoms with Crippen LogP contribution in [-0.2, 0) is 11.3 Å². The summed E-state index contributed by atoms with van der Waals surface area (Å²) in [5.41, 5.74) is 4.40. The number of benzene rings is 2. The van der Waals surface area contributed by atoms with Gasteiger partial charge in [-0.1, -0.05) is 42.5 Å². The second kappa shape index (κ2) is 9.67. The molecular formula is C23H27N3O2S. The molecule has 0 saturated heterocycles. The summed E-state index contributed by atoms with van der Waals surface area (Å²) in [6.45, 7) is 5.08. The lowest BCUT2D eigenvalue weighted by Crippen LogP contribution is -2.37. The van der Waals surface area contributed by atoms with Gasteiger partial charge in [0.25, 0.3) is 0 Å². The molecule has 0 fully saturated rings. The number of thiazole rings is 1. The molecule has 1 heterocycles. The molecule has 0 bridgehead atoms. The molecule has 0 radical (unpaired) electrons. The fourth-order valence-corrected chi connectivity index (χ4v) is 4.30. The number of nitrogens with zero attached hydrogens (tertiary/aromatic N) is 2. The molecule has 1 atom stereocenters. The van der Waals surface area contributed by atoms with Crippen LogP contribution in [0.15, 0.2) is 54.0 Å². The van der Waals surface area contributed by atoms with E-state index < -0.39 is 0 Å². The third kappa shape index (κ3) is 5.43. The number of aryl methyl sites for hydroxylation is 2. The smallest absolute Gasteiger partial charge is 0.235 e. The van der Waals surface area contributed by atoms with E-state index in [1.54, 1.807) is 24.6 Å². The largest absolute Gasteiger partial charge is 0.496 e. The monoisotopic (exact) mass is 409 g/mol. The standard InChI is InChI=1S/C23H27N3O2S/c1-16-12-18(13-17(2)22(16)28-4)14-26(3)15-20(27)25-21(23-24-10-11-29-23)19-8-6-5-7-9-19/h5-13,21H,14-15H2,1-4H3,(H,25,27). The number of ether oxygens (including phenoxy) is 1. The van der Waals surface area contributed by atoms with Crippen LogP contribution >= 0.6 is 11.3 Å². The number of aromatic nitrogens is 1. The van der Waals surface area contributed by atoms with Crippen molar-refractivity contribution in [1.82, 2.24) is 15.2 Å². The normalized spacial score (nSPS) is 12.0. The van der Waals surface area contributed by atoms with E-state index >= 15 is 0 Å². The zero-order chi connectivity index (χ0) is 20.8. The SMILES string of the molecule is COc1c(C)cc(CN(C)CC(=O)NC(c2ccccc2)c2nccs2)cc1C. The molecule has 1 unspecified atom stereocenters. The van der Waals surface area contributed by atoms with Crippen LogP contribution in [0.1, 0.15) is 33.3 Å². The second-order valence-electron chi connectivity index (χ2n) is 7.22. The summed E-state index contributed by atoms with van der Waals surface area (Å²) in [6, 6.07) is 13.9. The Hall–Kier alpha value is -2.70. The van der Waals surface area contributed by atoms with Gasteiger partial charge in [0.05, 0.1) is 13.7 Å². The molecule has 3 aromatic rings. The Kier molecular flexibility index (Phi) is 7.01. The molecule has 0 aliphatic carbocycles. The van der Waals surface area contributed by atoms with E-state index in [1.807, 2.05) is 61.5 Å². The Morgan fingerprint density at radius 2 is 1.90 bits per heavy atom. The Bertz CT molecular complexity index is 919. The molecular weight excluding hydrogens is 382 g/mol. The van der Waals surface area contributed by atoms with Gasteiger partial charge >= 0.3 is 0 Å². The van der Waals surface area contributed by atoms with Gasteiger partial charge in [-0.15, -0.1) is 11.3 Å². The maximum Gasteiger partial charge on any atom is 0.235 e. The number of amides is 1. The third-order valence-electron chi connectivity index (χ3n) is 4.73. The number of hydrogen-bond acceptors (Lipinski definition) is 5. The first-order valence-electron chi connectivity index (χ1n) is 9.54. The third-order valence-corrected chi connectivity index (χ3v) is 5.57. The number of rotatable bonds is 8. The van der Waals surface area contributed by atoms with Crippen molar-refractivity contribution in [3.05, 3.63) is 81.3 Å². The topological polar surface area (TPSA) is 54.5 Å². The summed E-state index contributed by atoms with van der Waals surface area (Å²) in [7, 11) is 3.65. The van der Waals surface area contributed by atoms with Gasteiger partial charge in [0, 0.05) is 18.1 Å². The maximum atomic E-state index is 12.8. The summed E-state index contributed by atoms with van der Waals surface area (Å²) in [5.74, 6) is 0.891. The van der Waals surface area contributed by atoms with Gasteiger partial charge in [0.2, 0.25) is 5.91 Å². The van der Waals surface area contributed by atoms with Gasteiger partial charge in [-0.2, -0.15) is 0 Å². The zero-order valence-corrected chi connectivity index (χ0v) is 18.1. The molecule has 1 N–H and O–H groups in total. The molecule has 152 valence electrons.